The second-order valence-corrected chi connectivity index (χ2v) is 3.93. The van der Waals surface area contributed by atoms with Gasteiger partial charge in [0.1, 0.15) is 11.9 Å². The van der Waals surface area contributed by atoms with Gasteiger partial charge in [0.25, 0.3) is 0 Å². The average molecular weight is 196 g/mol. The first-order valence-corrected chi connectivity index (χ1v) is 5.39. The molecule has 0 N–H and O–H groups in total. The Morgan fingerprint density at radius 1 is 1.36 bits per heavy atom. The van der Waals surface area contributed by atoms with Gasteiger partial charge in [-0.25, -0.2) is 0 Å². The molecule has 1 heterocycles. The lowest BCUT2D eigenvalue weighted by atomic mass is 10.0. The van der Waals surface area contributed by atoms with Gasteiger partial charge in [-0.15, -0.1) is 0 Å². The largest absolute Gasteiger partial charge is 0.467 e. The van der Waals surface area contributed by atoms with Crippen molar-refractivity contribution in [2.24, 2.45) is 5.92 Å². The van der Waals surface area contributed by atoms with E-state index in [1.54, 1.807) is 6.26 Å². The first-order chi connectivity index (χ1) is 6.74. The molecule has 0 radical (unpaired) electrons. The zero-order valence-electron chi connectivity index (χ0n) is 9.32. The monoisotopic (exact) mass is 196 g/mol. The van der Waals surface area contributed by atoms with Crippen molar-refractivity contribution in [3.63, 3.8) is 0 Å². The van der Waals surface area contributed by atoms with Gasteiger partial charge in [-0.3, -0.25) is 0 Å². The van der Waals surface area contributed by atoms with Crippen LogP contribution in [0.3, 0.4) is 0 Å². The second kappa shape index (κ2) is 5.86. The molecular weight excluding hydrogens is 176 g/mol. The standard InChI is InChI=1S/C12H20O2/c1-4-13-12(8-7-10(2)3)11-6-5-9-14-11/h5-6,9-10,12H,4,7-8H2,1-3H3. The Bertz CT molecular complexity index is 226. The summed E-state index contributed by atoms with van der Waals surface area (Å²) < 4.78 is 11.0. The van der Waals surface area contributed by atoms with E-state index in [4.69, 9.17) is 9.15 Å². The summed E-state index contributed by atoms with van der Waals surface area (Å²) in [7, 11) is 0. The molecule has 0 bridgehead atoms. The van der Waals surface area contributed by atoms with E-state index >= 15 is 0 Å². The lowest BCUT2D eigenvalue weighted by Gasteiger charge is -2.15. The molecule has 0 aliphatic carbocycles. The van der Waals surface area contributed by atoms with Crippen molar-refractivity contribution in [2.75, 3.05) is 6.61 Å². The van der Waals surface area contributed by atoms with Crippen LogP contribution >= 0.6 is 0 Å². The Morgan fingerprint density at radius 3 is 2.64 bits per heavy atom. The summed E-state index contributed by atoms with van der Waals surface area (Å²) in [6.07, 6.45) is 4.05. The maximum atomic E-state index is 5.64. The molecule has 1 atom stereocenters. The Labute approximate surface area is 86.3 Å². The first-order valence-electron chi connectivity index (χ1n) is 5.39. The topological polar surface area (TPSA) is 22.4 Å². The molecule has 14 heavy (non-hydrogen) atoms. The highest BCUT2D eigenvalue weighted by atomic mass is 16.5. The van der Waals surface area contributed by atoms with Crippen molar-refractivity contribution in [3.8, 4) is 0 Å². The van der Waals surface area contributed by atoms with Crippen LogP contribution in [-0.2, 0) is 4.74 Å². The molecule has 0 aliphatic heterocycles. The maximum Gasteiger partial charge on any atom is 0.132 e. The number of hydrogen-bond donors (Lipinski definition) is 0. The summed E-state index contributed by atoms with van der Waals surface area (Å²) in [4.78, 5) is 0. The van der Waals surface area contributed by atoms with E-state index in [1.807, 2.05) is 19.1 Å². The van der Waals surface area contributed by atoms with Crippen LogP contribution in [0.4, 0.5) is 0 Å². The molecule has 0 fully saturated rings. The Hall–Kier alpha value is -0.760. The van der Waals surface area contributed by atoms with E-state index in [2.05, 4.69) is 13.8 Å². The Morgan fingerprint density at radius 2 is 2.14 bits per heavy atom. The fraction of sp³-hybridized carbons (Fsp3) is 0.667. The van der Waals surface area contributed by atoms with Gasteiger partial charge >= 0.3 is 0 Å². The van der Waals surface area contributed by atoms with Crippen LogP contribution in [0.25, 0.3) is 0 Å². The lowest BCUT2D eigenvalue weighted by molar-refractivity contribution is 0.0369. The van der Waals surface area contributed by atoms with Crippen LogP contribution in [0.1, 0.15) is 45.5 Å². The van der Waals surface area contributed by atoms with Crippen molar-refractivity contribution in [3.05, 3.63) is 24.2 Å². The van der Waals surface area contributed by atoms with Gasteiger partial charge in [-0.2, -0.15) is 0 Å². The van der Waals surface area contributed by atoms with Gasteiger partial charge < -0.3 is 9.15 Å². The molecule has 0 saturated carbocycles. The molecule has 0 spiro atoms. The van der Waals surface area contributed by atoms with Crippen molar-refractivity contribution < 1.29 is 9.15 Å². The third-order valence-corrected chi connectivity index (χ3v) is 2.23. The number of rotatable bonds is 6. The molecule has 2 nitrogen and oxygen atoms in total. The molecule has 0 saturated heterocycles. The van der Waals surface area contributed by atoms with Crippen LogP contribution in [0.2, 0.25) is 0 Å². The van der Waals surface area contributed by atoms with Gasteiger partial charge in [-0.05, 0) is 37.8 Å². The van der Waals surface area contributed by atoms with E-state index in [1.165, 1.54) is 6.42 Å². The Kier molecular flexibility index (Phi) is 4.74. The van der Waals surface area contributed by atoms with E-state index in [0.717, 1.165) is 18.8 Å². The highest BCUT2D eigenvalue weighted by Crippen LogP contribution is 2.24. The minimum atomic E-state index is 0.136. The molecule has 0 amide bonds. The summed E-state index contributed by atoms with van der Waals surface area (Å²) in [5.41, 5.74) is 0. The van der Waals surface area contributed by atoms with E-state index in [9.17, 15) is 0 Å². The Balaban J connectivity index is 2.47. The SMILES string of the molecule is CCOC(CCC(C)C)c1ccco1. The van der Waals surface area contributed by atoms with E-state index in [0.29, 0.717) is 5.92 Å². The average Bonchev–Trinajstić information content (AvgIpc) is 2.64. The van der Waals surface area contributed by atoms with Gasteiger partial charge in [0, 0.05) is 6.61 Å². The maximum absolute atomic E-state index is 5.64. The zero-order valence-corrected chi connectivity index (χ0v) is 9.32. The third kappa shape index (κ3) is 3.54. The summed E-state index contributed by atoms with van der Waals surface area (Å²) >= 11 is 0. The number of hydrogen-bond acceptors (Lipinski definition) is 2. The molecule has 0 aliphatic rings. The van der Waals surface area contributed by atoms with E-state index < -0.39 is 0 Å². The van der Waals surface area contributed by atoms with Crippen LogP contribution in [-0.4, -0.2) is 6.61 Å². The van der Waals surface area contributed by atoms with Crippen LogP contribution < -0.4 is 0 Å². The summed E-state index contributed by atoms with van der Waals surface area (Å²) in [5.74, 6) is 1.67. The molecule has 1 unspecified atom stereocenters. The normalized spacial score (nSPS) is 13.4. The smallest absolute Gasteiger partial charge is 0.132 e. The van der Waals surface area contributed by atoms with Crippen molar-refractivity contribution in [1.82, 2.24) is 0 Å². The van der Waals surface area contributed by atoms with Gasteiger partial charge in [0.15, 0.2) is 0 Å². The summed E-state index contributed by atoms with van der Waals surface area (Å²) in [6, 6.07) is 3.90. The highest BCUT2D eigenvalue weighted by Gasteiger charge is 2.14. The first kappa shape index (κ1) is 11.3. The van der Waals surface area contributed by atoms with Gasteiger partial charge in [0.2, 0.25) is 0 Å². The second-order valence-electron chi connectivity index (χ2n) is 3.93. The fourth-order valence-corrected chi connectivity index (χ4v) is 1.47. The van der Waals surface area contributed by atoms with Crippen molar-refractivity contribution in [2.45, 2.75) is 39.7 Å². The van der Waals surface area contributed by atoms with Gasteiger partial charge in [0.05, 0.1) is 6.26 Å². The minimum Gasteiger partial charge on any atom is -0.467 e. The third-order valence-electron chi connectivity index (χ3n) is 2.23. The number of furan rings is 1. The molecule has 1 aromatic heterocycles. The predicted molar refractivity (Wildman–Crippen MR) is 57.1 cm³/mol. The zero-order chi connectivity index (χ0) is 10.4. The molecule has 1 rings (SSSR count). The molecule has 2 heteroatoms. The van der Waals surface area contributed by atoms with Crippen molar-refractivity contribution >= 4 is 0 Å². The number of ether oxygens (including phenoxy) is 1. The van der Waals surface area contributed by atoms with Crippen LogP contribution in [0.5, 0.6) is 0 Å². The fourth-order valence-electron chi connectivity index (χ4n) is 1.47. The van der Waals surface area contributed by atoms with E-state index in [-0.39, 0.29) is 6.10 Å². The van der Waals surface area contributed by atoms with Crippen molar-refractivity contribution in [1.29, 1.82) is 0 Å². The minimum absolute atomic E-state index is 0.136. The van der Waals surface area contributed by atoms with Gasteiger partial charge in [-0.1, -0.05) is 13.8 Å². The molecule has 0 aromatic carbocycles. The summed E-state index contributed by atoms with van der Waals surface area (Å²) in [5, 5.41) is 0. The van der Waals surface area contributed by atoms with Crippen LogP contribution in [0, 0.1) is 5.92 Å². The molecular formula is C12H20O2. The highest BCUT2D eigenvalue weighted by molar-refractivity contribution is 5.02. The summed E-state index contributed by atoms with van der Waals surface area (Å²) in [6.45, 7) is 7.21. The predicted octanol–water partition coefficient (Wildman–Crippen LogP) is 3.79. The molecule has 80 valence electrons. The quantitative estimate of drug-likeness (QED) is 0.690. The lowest BCUT2D eigenvalue weighted by Crippen LogP contribution is -2.04. The molecule has 1 aromatic rings. The van der Waals surface area contributed by atoms with Crippen LogP contribution in [0.15, 0.2) is 22.8 Å².